The Morgan fingerprint density at radius 1 is 1.27 bits per heavy atom. The van der Waals surface area contributed by atoms with Crippen molar-refractivity contribution in [3.05, 3.63) is 63.8 Å². The lowest BCUT2D eigenvalue weighted by Gasteiger charge is -2.15. The van der Waals surface area contributed by atoms with Crippen LogP contribution in [0, 0.1) is 11.3 Å². The second-order valence-electron chi connectivity index (χ2n) is 6.50. The van der Waals surface area contributed by atoms with Crippen molar-refractivity contribution < 1.29 is 9.90 Å². The molecule has 0 radical (unpaired) electrons. The molecule has 1 aromatic carbocycles. The minimum absolute atomic E-state index is 0.157. The van der Waals surface area contributed by atoms with Crippen molar-refractivity contribution in [2.75, 3.05) is 17.6 Å². The molecule has 1 amide bonds. The van der Waals surface area contributed by atoms with Crippen molar-refractivity contribution in [2.45, 2.75) is 6.10 Å². The summed E-state index contributed by atoms with van der Waals surface area (Å²) in [5.41, 5.74) is 13.6. The van der Waals surface area contributed by atoms with E-state index in [2.05, 4.69) is 16.4 Å². The molecule has 3 heterocycles. The van der Waals surface area contributed by atoms with Gasteiger partial charge in [0.25, 0.3) is 5.91 Å². The first-order valence-electron chi connectivity index (χ1n) is 8.98. The number of thiophene rings is 2. The number of hydrogen-bond donors (Lipinski definition) is 4. The van der Waals surface area contributed by atoms with E-state index in [4.69, 9.17) is 11.5 Å². The first-order valence-corrected chi connectivity index (χ1v) is 10.7. The van der Waals surface area contributed by atoms with Crippen molar-refractivity contribution in [1.29, 1.82) is 5.26 Å². The van der Waals surface area contributed by atoms with E-state index in [1.165, 1.54) is 11.3 Å². The predicted molar refractivity (Wildman–Crippen MR) is 120 cm³/mol. The molecule has 6 N–H and O–H groups in total. The number of fused-ring (bicyclic) bond motifs is 1. The van der Waals surface area contributed by atoms with Crippen LogP contribution >= 0.6 is 22.7 Å². The Kier molecular flexibility index (Phi) is 5.37. The van der Waals surface area contributed by atoms with Crippen molar-refractivity contribution in [3.8, 4) is 16.5 Å². The highest BCUT2D eigenvalue weighted by atomic mass is 32.1. The van der Waals surface area contributed by atoms with Gasteiger partial charge >= 0.3 is 0 Å². The lowest BCUT2D eigenvalue weighted by molar-refractivity contribution is 0.100. The van der Waals surface area contributed by atoms with E-state index in [-0.39, 0.29) is 17.1 Å². The van der Waals surface area contributed by atoms with E-state index in [0.717, 1.165) is 21.8 Å². The summed E-state index contributed by atoms with van der Waals surface area (Å²) in [6.07, 6.45) is -0.782. The Hall–Kier alpha value is -3.45. The maximum Gasteiger partial charge on any atom is 0.260 e. The van der Waals surface area contributed by atoms with Crippen LogP contribution in [0.5, 0.6) is 0 Å². The highest BCUT2D eigenvalue weighted by Crippen LogP contribution is 2.44. The van der Waals surface area contributed by atoms with E-state index in [1.54, 1.807) is 0 Å². The number of nitrogen functional groups attached to an aromatic ring is 1. The van der Waals surface area contributed by atoms with Crippen molar-refractivity contribution >= 4 is 50.3 Å². The zero-order valence-electron chi connectivity index (χ0n) is 15.6. The maximum atomic E-state index is 11.8. The number of nitrogens with zero attached hydrogens (tertiary/aromatic N) is 2. The fourth-order valence-electron chi connectivity index (χ4n) is 3.23. The summed E-state index contributed by atoms with van der Waals surface area (Å²) in [7, 11) is 0. The lowest BCUT2D eigenvalue weighted by atomic mass is 10.0. The van der Waals surface area contributed by atoms with Gasteiger partial charge < -0.3 is 21.9 Å². The number of aromatic nitrogens is 1. The summed E-state index contributed by atoms with van der Waals surface area (Å²) >= 11 is 2.54. The number of pyridine rings is 1. The number of nitrogens with two attached hydrogens (primary N) is 2. The van der Waals surface area contributed by atoms with Gasteiger partial charge in [-0.25, -0.2) is 4.98 Å². The molecule has 4 aromatic rings. The number of aliphatic hydroxyl groups excluding tert-OH is 1. The molecule has 4 rings (SSSR count). The van der Waals surface area contributed by atoms with Crippen LogP contribution in [0.2, 0.25) is 0 Å². The molecule has 0 aliphatic heterocycles. The molecule has 1 unspecified atom stereocenters. The second-order valence-corrected chi connectivity index (χ2v) is 8.44. The third kappa shape index (κ3) is 3.48. The van der Waals surface area contributed by atoms with Crippen molar-refractivity contribution in [2.24, 2.45) is 5.73 Å². The average Bonchev–Trinajstić information content (AvgIpc) is 3.40. The Labute approximate surface area is 180 Å². The first-order chi connectivity index (χ1) is 14.5. The molecule has 0 aliphatic carbocycles. The van der Waals surface area contributed by atoms with E-state index in [9.17, 15) is 15.2 Å². The van der Waals surface area contributed by atoms with E-state index >= 15 is 0 Å². The Morgan fingerprint density at radius 3 is 2.67 bits per heavy atom. The molecule has 0 fully saturated rings. The van der Waals surface area contributed by atoms with Crippen molar-refractivity contribution in [3.63, 3.8) is 0 Å². The Balaban J connectivity index is 1.84. The number of nitrogens with one attached hydrogen (secondary N) is 1. The normalized spacial score (nSPS) is 11.9. The van der Waals surface area contributed by atoms with Crippen LogP contribution in [0.3, 0.4) is 0 Å². The van der Waals surface area contributed by atoms with E-state index in [0.29, 0.717) is 27.2 Å². The van der Waals surface area contributed by atoms with Crippen molar-refractivity contribution in [1.82, 2.24) is 4.98 Å². The van der Waals surface area contributed by atoms with E-state index < -0.39 is 12.0 Å². The molecule has 7 nitrogen and oxygen atoms in total. The van der Waals surface area contributed by atoms with Gasteiger partial charge in [0.1, 0.15) is 27.2 Å². The minimum atomic E-state index is -0.782. The molecule has 0 saturated heterocycles. The molecule has 0 bridgehead atoms. The smallest absolute Gasteiger partial charge is 0.260 e. The predicted octanol–water partition coefficient (Wildman–Crippen LogP) is 3.72. The van der Waals surface area contributed by atoms with Gasteiger partial charge in [-0.3, -0.25) is 4.79 Å². The quantitative estimate of drug-likeness (QED) is 0.364. The number of amides is 1. The van der Waals surface area contributed by atoms with Crippen LogP contribution in [0.25, 0.3) is 20.7 Å². The highest BCUT2D eigenvalue weighted by molar-refractivity contribution is 7.21. The van der Waals surface area contributed by atoms with Crippen LogP contribution in [-0.2, 0) is 0 Å². The van der Waals surface area contributed by atoms with Crippen LogP contribution in [0.1, 0.15) is 26.9 Å². The number of carbonyl (C=O) groups is 1. The van der Waals surface area contributed by atoms with E-state index in [1.807, 2.05) is 47.8 Å². The molecular formula is C21H17N5O2S2. The molecular weight excluding hydrogens is 418 g/mol. The van der Waals surface area contributed by atoms with Crippen LogP contribution < -0.4 is 16.8 Å². The minimum Gasteiger partial charge on any atom is -0.397 e. The van der Waals surface area contributed by atoms with Gasteiger partial charge in [-0.05, 0) is 17.0 Å². The van der Waals surface area contributed by atoms with Gasteiger partial charge in [0.2, 0.25) is 0 Å². The first kappa shape index (κ1) is 19.8. The third-order valence-electron chi connectivity index (χ3n) is 4.63. The summed E-state index contributed by atoms with van der Waals surface area (Å²) < 4.78 is 0. The maximum absolute atomic E-state index is 11.8. The van der Waals surface area contributed by atoms with Gasteiger partial charge in [0.05, 0.1) is 11.8 Å². The molecule has 3 aromatic heterocycles. The zero-order chi connectivity index (χ0) is 21.3. The Morgan fingerprint density at radius 2 is 2.03 bits per heavy atom. The number of primary amides is 1. The van der Waals surface area contributed by atoms with Crippen LogP contribution in [-0.4, -0.2) is 22.5 Å². The Bertz CT molecular complexity index is 1260. The van der Waals surface area contributed by atoms with Gasteiger partial charge in [0, 0.05) is 22.4 Å². The number of carbonyl (C=O) groups excluding carboxylic acids is 1. The van der Waals surface area contributed by atoms with Gasteiger partial charge in [-0.2, -0.15) is 5.26 Å². The fourth-order valence-corrected chi connectivity index (χ4v) is 4.97. The topological polar surface area (TPSA) is 138 Å². The van der Waals surface area contributed by atoms with Gasteiger partial charge in [0.15, 0.2) is 0 Å². The summed E-state index contributed by atoms with van der Waals surface area (Å²) in [6, 6.07) is 15.2. The third-order valence-corrected chi connectivity index (χ3v) is 6.63. The molecule has 30 heavy (non-hydrogen) atoms. The summed E-state index contributed by atoms with van der Waals surface area (Å²) in [4.78, 5) is 17.9. The summed E-state index contributed by atoms with van der Waals surface area (Å²) in [5.74, 6) is -0.319. The zero-order valence-corrected chi connectivity index (χ0v) is 17.3. The lowest BCUT2D eigenvalue weighted by Crippen LogP contribution is -2.14. The molecule has 0 spiro atoms. The molecule has 0 aliphatic rings. The molecule has 0 saturated carbocycles. The second kappa shape index (κ2) is 8.12. The number of benzene rings is 1. The highest BCUT2D eigenvalue weighted by Gasteiger charge is 2.24. The molecule has 1 atom stereocenters. The summed E-state index contributed by atoms with van der Waals surface area (Å²) in [6.45, 7) is 0.157. The number of anilines is 2. The fraction of sp³-hybridized carbons (Fsp3) is 0.0952. The standard InChI is InChI=1S/C21H17N5O2S2/c22-9-12-15(14-7-4-8-29-14)16-17(23)18(19(24)28)30-21(16)26-20(12)25-10-13(27)11-5-2-1-3-6-11/h1-8,13,27H,10,23H2,(H2,24,28)(H,25,26). The van der Waals surface area contributed by atoms with Gasteiger partial charge in [-0.1, -0.05) is 36.4 Å². The monoisotopic (exact) mass is 435 g/mol. The molecule has 9 heteroatoms. The molecule has 150 valence electrons. The number of rotatable bonds is 6. The SMILES string of the molecule is N#Cc1c(NCC(O)c2ccccc2)nc2sc(C(N)=O)c(N)c2c1-c1cccs1. The number of aliphatic hydroxyl groups is 1. The van der Waals surface area contributed by atoms with Gasteiger partial charge in [-0.15, -0.1) is 22.7 Å². The average molecular weight is 436 g/mol. The summed E-state index contributed by atoms with van der Waals surface area (Å²) in [5, 5.41) is 25.9. The van der Waals surface area contributed by atoms with Crippen LogP contribution in [0.4, 0.5) is 11.5 Å². The number of hydrogen-bond acceptors (Lipinski definition) is 8. The largest absolute Gasteiger partial charge is 0.397 e. The number of nitriles is 1. The van der Waals surface area contributed by atoms with Crippen LogP contribution in [0.15, 0.2) is 47.8 Å².